The number of rotatable bonds is 2. The fourth-order valence-electron chi connectivity index (χ4n) is 0.918. The predicted octanol–water partition coefficient (Wildman–Crippen LogP) is 1.22. The van der Waals surface area contributed by atoms with Gasteiger partial charge < -0.3 is 5.73 Å². The van der Waals surface area contributed by atoms with Crippen molar-refractivity contribution in [2.75, 3.05) is 6.54 Å². The molecular weight excluding hydrogens is 218 g/mol. The number of nitrogens with two attached hydrogens (primary N) is 1. The number of hydrogen-bond donors (Lipinski definition) is 1. The molecule has 0 saturated heterocycles. The molecule has 0 saturated carbocycles. The van der Waals surface area contributed by atoms with E-state index in [9.17, 15) is 0 Å². The van der Waals surface area contributed by atoms with Gasteiger partial charge in [0, 0.05) is 0 Å². The lowest BCUT2D eigenvalue weighted by molar-refractivity contribution is 0.959. The zero-order valence-corrected chi connectivity index (χ0v) is 8.00. The van der Waals surface area contributed by atoms with Crippen molar-refractivity contribution in [1.29, 1.82) is 5.26 Å². The van der Waals surface area contributed by atoms with E-state index in [4.69, 9.17) is 11.0 Å². The molecule has 0 aliphatic heterocycles. The zero-order valence-electron chi connectivity index (χ0n) is 6.42. The molecule has 0 amide bonds. The summed E-state index contributed by atoms with van der Waals surface area (Å²) in [5.74, 6) is 0. The van der Waals surface area contributed by atoms with E-state index >= 15 is 0 Å². The summed E-state index contributed by atoms with van der Waals surface area (Å²) in [5, 5.41) is 8.59. The van der Waals surface area contributed by atoms with Crippen LogP contribution in [0.1, 0.15) is 11.3 Å². The summed E-state index contributed by atoms with van der Waals surface area (Å²) in [6, 6.07) is 5.60. The molecule has 1 aromatic rings. The van der Waals surface area contributed by atoms with Gasteiger partial charge in [-0.15, -0.1) is 0 Å². The maximum atomic E-state index is 8.59. The molecule has 1 rings (SSSR count). The minimum Gasteiger partial charge on any atom is -0.330 e. The zero-order chi connectivity index (χ0) is 8.97. The van der Waals surface area contributed by atoms with Crippen LogP contribution >= 0.6 is 15.9 Å². The van der Waals surface area contributed by atoms with E-state index in [-0.39, 0.29) is 0 Å². The second kappa shape index (κ2) is 4.19. The summed E-state index contributed by atoms with van der Waals surface area (Å²) in [7, 11) is 0. The Kier molecular flexibility index (Phi) is 3.20. The van der Waals surface area contributed by atoms with Crippen LogP contribution in [-0.2, 0) is 6.42 Å². The monoisotopic (exact) mass is 225 g/mol. The van der Waals surface area contributed by atoms with Gasteiger partial charge in [-0.25, -0.2) is 4.98 Å². The highest BCUT2D eigenvalue weighted by atomic mass is 79.9. The van der Waals surface area contributed by atoms with Gasteiger partial charge in [0.05, 0.1) is 0 Å². The standard InChI is InChI=1S/C8H8BrN3/c9-8-4-6(1-2-10)3-7(5-11)12-8/h3-4H,1-2,10H2. The number of nitriles is 1. The van der Waals surface area contributed by atoms with Crippen LogP contribution in [-0.4, -0.2) is 11.5 Å². The van der Waals surface area contributed by atoms with Gasteiger partial charge in [0.25, 0.3) is 0 Å². The maximum Gasteiger partial charge on any atom is 0.142 e. The van der Waals surface area contributed by atoms with Gasteiger partial charge in [-0.2, -0.15) is 5.26 Å². The summed E-state index contributed by atoms with van der Waals surface area (Å²) in [5.41, 5.74) is 6.85. The smallest absolute Gasteiger partial charge is 0.142 e. The molecular formula is C8H8BrN3. The van der Waals surface area contributed by atoms with Crippen LogP contribution in [0.2, 0.25) is 0 Å². The summed E-state index contributed by atoms with van der Waals surface area (Å²) in [6.45, 7) is 0.585. The van der Waals surface area contributed by atoms with Gasteiger partial charge in [-0.05, 0) is 46.6 Å². The van der Waals surface area contributed by atoms with Crippen molar-refractivity contribution >= 4 is 15.9 Å². The molecule has 0 unspecified atom stereocenters. The Morgan fingerprint density at radius 3 is 2.92 bits per heavy atom. The van der Waals surface area contributed by atoms with Crippen LogP contribution in [0.3, 0.4) is 0 Å². The van der Waals surface area contributed by atoms with Crippen LogP contribution < -0.4 is 5.73 Å². The van der Waals surface area contributed by atoms with Crippen LogP contribution in [0.4, 0.5) is 0 Å². The van der Waals surface area contributed by atoms with E-state index in [1.54, 1.807) is 6.07 Å². The largest absolute Gasteiger partial charge is 0.330 e. The summed E-state index contributed by atoms with van der Waals surface area (Å²) >= 11 is 3.22. The number of hydrogen-bond acceptors (Lipinski definition) is 3. The Hall–Kier alpha value is -0.920. The third kappa shape index (κ3) is 2.29. The first-order valence-electron chi connectivity index (χ1n) is 3.53. The van der Waals surface area contributed by atoms with Gasteiger partial charge in [0.2, 0.25) is 0 Å². The Labute approximate surface area is 79.3 Å². The third-order valence-electron chi connectivity index (χ3n) is 1.40. The minimum atomic E-state index is 0.424. The molecule has 0 atom stereocenters. The van der Waals surface area contributed by atoms with E-state index in [1.807, 2.05) is 12.1 Å². The third-order valence-corrected chi connectivity index (χ3v) is 1.81. The Bertz CT molecular complexity index is 317. The van der Waals surface area contributed by atoms with E-state index in [0.29, 0.717) is 16.8 Å². The SMILES string of the molecule is N#Cc1cc(CCN)cc(Br)n1. The van der Waals surface area contributed by atoms with Crippen molar-refractivity contribution in [3.63, 3.8) is 0 Å². The Balaban J connectivity index is 3.00. The first kappa shape index (κ1) is 9.17. The molecule has 0 aliphatic carbocycles. The fourth-order valence-corrected chi connectivity index (χ4v) is 1.40. The summed E-state index contributed by atoms with van der Waals surface area (Å²) in [6.07, 6.45) is 0.774. The van der Waals surface area contributed by atoms with Crippen molar-refractivity contribution in [3.05, 3.63) is 28.0 Å². The van der Waals surface area contributed by atoms with Crippen molar-refractivity contribution in [2.24, 2.45) is 5.73 Å². The van der Waals surface area contributed by atoms with Crippen molar-refractivity contribution in [2.45, 2.75) is 6.42 Å². The molecule has 0 fully saturated rings. The molecule has 0 aromatic carbocycles. The molecule has 62 valence electrons. The first-order chi connectivity index (χ1) is 5.76. The molecule has 2 N–H and O–H groups in total. The topological polar surface area (TPSA) is 62.7 Å². The Morgan fingerprint density at radius 1 is 1.58 bits per heavy atom. The summed E-state index contributed by atoms with van der Waals surface area (Å²) < 4.78 is 0.685. The second-order valence-corrected chi connectivity index (χ2v) is 3.15. The van der Waals surface area contributed by atoms with Gasteiger partial charge >= 0.3 is 0 Å². The number of pyridine rings is 1. The average Bonchev–Trinajstić information content (AvgIpc) is 2.04. The highest BCUT2D eigenvalue weighted by molar-refractivity contribution is 9.10. The molecule has 0 bridgehead atoms. The molecule has 1 aromatic heterocycles. The summed E-state index contributed by atoms with van der Waals surface area (Å²) in [4.78, 5) is 3.95. The van der Waals surface area contributed by atoms with E-state index in [1.165, 1.54) is 0 Å². The van der Waals surface area contributed by atoms with Gasteiger partial charge in [-0.3, -0.25) is 0 Å². The van der Waals surface area contributed by atoms with E-state index in [2.05, 4.69) is 20.9 Å². The van der Waals surface area contributed by atoms with Crippen LogP contribution in [0.15, 0.2) is 16.7 Å². The molecule has 0 spiro atoms. The molecule has 0 radical (unpaired) electrons. The predicted molar refractivity (Wildman–Crippen MR) is 49.4 cm³/mol. The molecule has 12 heavy (non-hydrogen) atoms. The van der Waals surface area contributed by atoms with E-state index < -0.39 is 0 Å². The average molecular weight is 226 g/mol. The van der Waals surface area contributed by atoms with Gasteiger partial charge in [-0.1, -0.05) is 0 Å². The molecule has 4 heteroatoms. The first-order valence-corrected chi connectivity index (χ1v) is 4.32. The van der Waals surface area contributed by atoms with Crippen LogP contribution in [0.5, 0.6) is 0 Å². The lowest BCUT2D eigenvalue weighted by atomic mass is 10.2. The molecule has 0 aliphatic rings. The van der Waals surface area contributed by atoms with Crippen molar-refractivity contribution in [1.82, 2.24) is 4.98 Å². The number of halogens is 1. The normalized spacial score (nSPS) is 9.42. The second-order valence-electron chi connectivity index (χ2n) is 2.33. The molecule has 1 heterocycles. The lowest BCUT2D eigenvalue weighted by Gasteiger charge is -1.99. The highest BCUT2D eigenvalue weighted by Crippen LogP contribution is 2.11. The van der Waals surface area contributed by atoms with Crippen LogP contribution in [0.25, 0.3) is 0 Å². The number of aromatic nitrogens is 1. The van der Waals surface area contributed by atoms with Gasteiger partial charge in [0.15, 0.2) is 0 Å². The highest BCUT2D eigenvalue weighted by Gasteiger charge is 1.98. The van der Waals surface area contributed by atoms with E-state index in [0.717, 1.165) is 12.0 Å². The van der Waals surface area contributed by atoms with Crippen molar-refractivity contribution < 1.29 is 0 Å². The lowest BCUT2D eigenvalue weighted by Crippen LogP contribution is -2.03. The minimum absolute atomic E-state index is 0.424. The van der Waals surface area contributed by atoms with Crippen LogP contribution in [0, 0.1) is 11.3 Å². The maximum absolute atomic E-state index is 8.59. The quantitative estimate of drug-likeness (QED) is 0.771. The van der Waals surface area contributed by atoms with Gasteiger partial charge in [0.1, 0.15) is 16.4 Å². The fraction of sp³-hybridized carbons (Fsp3) is 0.250. The molecule has 3 nitrogen and oxygen atoms in total. The number of nitrogens with zero attached hydrogens (tertiary/aromatic N) is 2. The Morgan fingerprint density at radius 2 is 2.33 bits per heavy atom. The van der Waals surface area contributed by atoms with Crippen molar-refractivity contribution in [3.8, 4) is 6.07 Å².